The van der Waals surface area contributed by atoms with E-state index in [9.17, 15) is 18.0 Å². The molecule has 7 nitrogen and oxygen atoms in total. The molecule has 0 N–H and O–H groups in total. The lowest BCUT2D eigenvalue weighted by atomic mass is 9.86. The highest BCUT2D eigenvalue weighted by atomic mass is 32.2. The minimum Gasteiger partial charge on any atom is -0.342 e. The van der Waals surface area contributed by atoms with Crippen LogP contribution in [0.15, 0.2) is 35.2 Å². The molecule has 0 radical (unpaired) electrons. The van der Waals surface area contributed by atoms with E-state index < -0.39 is 15.4 Å². The highest BCUT2D eigenvalue weighted by Crippen LogP contribution is 2.36. The van der Waals surface area contributed by atoms with Crippen molar-refractivity contribution < 1.29 is 18.0 Å². The predicted octanol–water partition coefficient (Wildman–Crippen LogP) is 1.41. The van der Waals surface area contributed by atoms with Crippen LogP contribution in [-0.2, 0) is 19.6 Å². The van der Waals surface area contributed by atoms with Gasteiger partial charge in [0, 0.05) is 57.0 Å². The highest BCUT2D eigenvalue weighted by Gasteiger charge is 2.48. The molecule has 1 aromatic carbocycles. The maximum atomic E-state index is 13.2. The van der Waals surface area contributed by atoms with Crippen molar-refractivity contribution in [2.75, 3.05) is 39.3 Å². The molecule has 2 heterocycles. The summed E-state index contributed by atoms with van der Waals surface area (Å²) in [6, 6.07) is 8.35. The predicted molar refractivity (Wildman–Crippen MR) is 106 cm³/mol. The van der Waals surface area contributed by atoms with Gasteiger partial charge in [-0.25, -0.2) is 8.42 Å². The average Bonchev–Trinajstić information content (AvgIpc) is 2.85. The summed E-state index contributed by atoms with van der Waals surface area (Å²) in [5, 5.41) is 0. The molecular weight excluding hydrogens is 378 g/mol. The highest BCUT2D eigenvalue weighted by molar-refractivity contribution is 7.89. The van der Waals surface area contributed by atoms with Gasteiger partial charge in [0.25, 0.3) is 0 Å². The standard InChI is InChI=1S/C20H29N3O4S/c1-4-21-13-20(12-18(21)24)14-22(19(25)16(2)3)10-11-23(15-20)28(26,27)17-8-6-5-7-9-17/h5-9,16H,4,10-15H2,1-3H3/t20-/m0/s1. The van der Waals surface area contributed by atoms with Gasteiger partial charge in [-0.1, -0.05) is 32.0 Å². The van der Waals surface area contributed by atoms with Gasteiger partial charge in [-0.3, -0.25) is 9.59 Å². The smallest absolute Gasteiger partial charge is 0.243 e. The summed E-state index contributed by atoms with van der Waals surface area (Å²) in [6.45, 7) is 7.90. The van der Waals surface area contributed by atoms with E-state index >= 15 is 0 Å². The number of amides is 2. The van der Waals surface area contributed by atoms with Crippen LogP contribution in [-0.4, -0.2) is 73.6 Å². The molecule has 0 unspecified atom stereocenters. The first-order valence-electron chi connectivity index (χ1n) is 9.80. The largest absolute Gasteiger partial charge is 0.342 e. The number of benzene rings is 1. The van der Waals surface area contributed by atoms with Crippen molar-refractivity contribution in [3.8, 4) is 0 Å². The lowest BCUT2D eigenvalue weighted by Crippen LogP contribution is -2.46. The molecule has 154 valence electrons. The third kappa shape index (κ3) is 3.93. The Labute approximate surface area is 167 Å². The SMILES string of the molecule is CCN1C[C@@]2(CC1=O)CN(C(=O)C(C)C)CCN(S(=O)(=O)c1ccccc1)C2. The van der Waals surface area contributed by atoms with E-state index in [4.69, 9.17) is 0 Å². The fraction of sp³-hybridized carbons (Fsp3) is 0.600. The number of sulfonamides is 1. The second-order valence-electron chi connectivity index (χ2n) is 8.15. The van der Waals surface area contributed by atoms with Crippen LogP contribution in [0.4, 0.5) is 0 Å². The van der Waals surface area contributed by atoms with Crippen molar-refractivity contribution >= 4 is 21.8 Å². The fourth-order valence-electron chi connectivity index (χ4n) is 4.20. The number of likely N-dealkylation sites (tertiary alicyclic amines) is 1. The average molecular weight is 408 g/mol. The van der Waals surface area contributed by atoms with Crippen LogP contribution in [0.25, 0.3) is 0 Å². The summed E-state index contributed by atoms with van der Waals surface area (Å²) in [5.74, 6) is -0.146. The molecule has 0 aliphatic carbocycles. The Kier molecular flexibility index (Phi) is 5.82. The number of hydrogen-bond donors (Lipinski definition) is 0. The molecule has 28 heavy (non-hydrogen) atoms. The zero-order chi connectivity index (χ0) is 20.5. The van der Waals surface area contributed by atoms with Gasteiger partial charge in [0.2, 0.25) is 21.8 Å². The topological polar surface area (TPSA) is 78.0 Å². The summed E-state index contributed by atoms with van der Waals surface area (Å²) < 4.78 is 28.0. The monoisotopic (exact) mass is 407 g/mol. The molecule has 0 aromatic heterocycles. The lowest BCUT2D eigenvalue weighted by molar-refractivity contribution is -0.135. The van der Waals surface area contributed by atoms with Crippen molar-refractivity contribution in [2.24, 2.45) is 11.3 Å². The van der Waals surface area contributed by atoms with Crippen LogP contribution in [0.2, 0.25) is 0 Å². The summed E-state index contributed by atoms with van der Waals surface area (Å²) >= 11 is 0. The van der Waals surface area contributed by atoms with Gasteiger partial charge < -0.3 is 9.80 Å². The third-order valence-corrected chi connectivity index (χ3v) is 7.49. The van der Waals surface area contributed by atoms with Crippen molar-refractivity contribution in [3.63, 3.8) is 0 Å². The molecule has 2 aliphatic heterocycles. The third-order valence-electron chi connectivity index (χ3n) is 5.63. The van der Waals surface area contributed by atoms with Gasteiger partial charge in [0.05, 0.1) is 4.90 Å². The van der Waals surface area contributed by atoms with Gasteiger partial charge in [-0.05, 0) is 19.1 Å². The molecule has 1 spiro atoms. The van der Waals surface area contributed by atoms with E-state index in [2.05, 4.69) is 0 Å². The summed E-state index contributed by atoms with van der Waals surface area (Å²) in [4.78, 5) is 28.9. The van der Waals surface area contributed by atoms with Crippen molar-refractivity contribution in [1.29, 1.82) is 0 Å². The van der Waals surface area contributed by atoms with E-state index in [1.54, 1.807) is 40.1 Å². The van der Waals surface area contributed by atoms with Gasteiger partial charge in [0.1, 0.15) is 0 Å². The van der Waals surface area contributed by atoms with Crippen LogP contribution in [0, 0.1) is 11.3 Å². The summed E-state index contributed by atoms with van der Waals surface area (Å²) in [7, 11) is -3.69. The number of carbonyl (C=O) groups excluding carboxylic acids is 2. The molecular formula is C20H29N3O4S. The Balaban J connectivity index is 1.96. The van der Waals surface area contributed by atoms with Gasteiger partial charge in [-0.15, -0.1) is 0 Å². The first kappa shape index (κ1) is 20.8. The van der Waals surface area contributed by atoms with E-state index in [1.807, 2.05) is 20.8 Å². The van der Waals surface area contributed by atoms with Crippen molar-refractivity contribution in [3.05, 3.63) is 30.3 Å². The van der Waals surface area contributed by atoms with Crippen LogP contribution in [0.5, 0.6) is 0 Å². The van der Waals surface area contributed by atoms with Gasteiger partial charge >= 0.3 is 0 Å². The Morgan fingerprint density at radius 1 is 1.11 bits per heavy atom. The molecule has 2 fully saturated rings. The van der Waals surface area contributed by atoms with E-state index in [1.165, 1.54) is 4.31 Å². The Morgan fingerprint density at radius 2 is 1.79 bits per heavy atom. The second-order valence-corrected chi connectivity index (χ2v) is 10.1. The molecule has 2 aliphatic rings. The Hall–Kier alpha value is -1.93. The maximum Gasteiger partial charge on any atom is 0.243 e. The Morgan fingerprint density at radius 3 is 2.36 bits per heavy atom. The zero-order valence-electron chi connectivity index (χ0n) is 16.8. The van der Waals surface area contributed by atoms with Crippen molar-refractivity contribution in [1.82, 2.24) is 14.1 Å². The molecule has 2 saturated heterocycles. The number of hydrogen-bond acceptors (Lipinski definition) is 4. The summed E-state index contributed by atoms with van der Waals surface area (Å²) in [6.07, 6.45) is 0.267. The second kappa shape index (κ2) is 7.83. The molecule has 2 amide bonds. The quantitative estimate of drug-likeness (QED) is 0.756. The Bertz CT molecular complexity index is 840. The first-order chi connectivity index (χ1) is 13.2. The van der Waals surface area contributed by atoms with E-state index in [0.29, 0.717) is 26.2 Å². The van der Waals surface area contributed by atoms with Gasteiger partial charge in [0.15, 0.2) is 0 Å². The maximum absolute atomic E-state index is 13.2. The zero-order valence-corrected chi connectivity index (χ0v) is 17.6. The van der Waals surface area contributed by atoms with Crippen LogP contribution in [0.1, 0.15) is 27.2 Å². The lowest BCUT2D eigenvalue weighted by Gasteiger charge is -2.34. The molecule has 0 bridgehead atoms. The fourth-order valence-corrected chi connectivity index (χ4v) is 5.77. The van der Waals surface area contributed by atoms with Crippen LogP contribution in [0.3, 0.4) is 0 Å². The van der Waals surface area contributed by atoms with E-state index in [-0.39, 0.29) is 42.1 Å². The molecule has 3 rings (SSSR count). The minimum atomic E-state index is -3.69. The molecule has 1 aromatic rings. The molecule has 1 atom stereocenters. The van der Waals surface area contributed by atoms with Gasteiger partial charge in [-0.2, -0.15) is 4.31 Å². The first-order valence-corrected chi connectivity index (χ1v) is 11.2. The number of carbonyl (C=O) groups is 2. The van der Waals surface area contributed by atoms with Crippen LogP contribution >= 0.6 is 0 Å². The van der Waals surface area contributed by atoms with Crippen LogP contribution < -0.4 is 0 Å². The van der Waals surface area contributed by atoms with Crippen molar-refractivity contribution in [2.45, 2.75) is 32.1 Å². The number of rotatable bonds is 4. The number of nitrogens with zero attached hydrogens (tertiary/aromatic N) is 3. The normalized spacial score (nSPS) is 24.2. The minimum absolute atomic E-state index is 0.000677. The van der Waals surface area contributed by atoms with E-state index in [0.717, 1.165) is 0 Å². The summed E-state index contributed by atoms with van der Waals surface area (Å²) in [5.41, 5.74) is -0.573. The molecule has 8 heteroatoms. The molecule has 0 saturated carbocycles.